The molecule has 1 heterocycles. The summed E-state index contributed by atoms with van der Waals surface area (Å²) in [6, 6.07) is 21.8. The lowest BCUT2D eigenvalue weighted by Gasteiger charge is -2.38. The largest absolute Gasteiger partial charge is 0.395 e. The summed E-state index contributed by atoms with van der Waals surface area (Å²) < 4.78 is 0. The summed E-state index contributed by atoms with van der Waals surface area (Å²) in [5, 5.41) is 13.5. The quantitative estimate of drug-likeness (QED) is 0.858. The van der Waals surface area contributed by atoms with Crippen LogP contribution in [-0.2, 0) is 12.8 Å². The third-order valence-corrected chi connectivity index (χ3v) is 4.65. The molecule has 1 aliphatic rings. The van der Waals surface area contributed by atoms with Crippen molar-refractivity contribution in [3.05, 3.63) is 71.8 Å². The number of piperazine rings is 1. The van der Waals surface area contributed by atoms with Crippen LogP contribution in [0.3, 0.4) is 0 Å². The smallest absolute Gasteiger partial charge is 0.0590 e. The minimum atomic E-state index is 0.206. The molecule has 1 aliphatic heterocycles. The Morgan fingerprint density at radius 2 is 1.65 bits per heavy atom. The predicted octanol–water partition coefficient (Wildman–Crippen LogP) is 2.11. The average molecular weight is 310 g/mol. The molecular formula is C20H26N2O. The van der Waals surface area contributed by atoms with E-state index >= 15 is 0 Å². The fourth-order valence-corrected chi connectivity index (χ4v) is 3.41. The number of hydrogen-bond donors (Lipinski definition) is 2. The zero-order valence-corrected chi connectivity index (χ0v) is 13.6. The molecule has 0 unspecified atom stereocenters. The van der Waals surface area contributed by atoms with Crippen molar-refractivity contribution in [3.8, 4) is 0 Å². The van der Waals surface area contributed by atoms with Gasteiger partial charge in [-0.25, -0.2) is 0 Å². The van der Waals surface area contributed by atoms with E-state index in [4.69, 9.17) is 0 Å². The van der Waals surface area contributed by atoms with Gasteiger partial charge in [0, 0.05) is 31.7 Å². The first-order chi connectivity index (χ1) is 11.3. The van der Waals surface area contributed by atoms with Gasteiger partial charge in [0.05, 0.1) is 6.61 Å². The molecule has 0 spiro atoms. The molecule has 3 heteroatoms. The SMILES string of the molecule is OC[C@H](Cc1ccccc1)N1CCN[C@@H](Cc2ccccc2)C1. The third kappa shape index (κ3) is 4.64. The first-order valence-corrected chi connectivity index (χ1v) is 8.51. The highest BCUT2D eigenvalue weighted by Crippen LogP contribution is 2.13. The highest BCUT2D eigenvalue weighted by Gasteiger charge is 2.25. The van der Waals surface area contributed by atoms with Gasteiger partial charge < -0.3 is 10.4 Å². The minimum absolute atomic E-state index is 0.206. The maximum Gasteiger partial charge on any atom is 0.0590 e. The summed E-state index contributed by atoms with van der Waals surface area (Å²) in [6.45, 7) is 3.20. The molecule has 0 bridgehead atoms. The Labute approximate surface area is 139 Å². The van der Waals surface area contributed by atoms with Crippen LogP contribution in [0.5, 0.6) is 0 Å². The predicted molar refractivity (Wildman–Crippen MR) is 94.5 cm³/mol. The first-order valence-electron chi connectivity index (χ1n) is 8.51. The lowest BCUT2D eigenvalue weighted by molar-refractivity contribution is 0.0929. The van der Waals surface area contributed by atoms with E-state index in [0.29, 0.717) is 6.04 Å². The van der Waals surface area contributed by atoms with Crippen molar-refractivity contribution in [1.82, 2.24) is 10.2 Å². The Morgan fingerprint density at radius 3 is 2.30 bits per heavy atom. The molecular weight excluding hydrogens is 284 g/mol. The van der Waals surface area contributed by atoms with Crippen LogP contribution in [0, 0.1) is 0 Å². The molecule has 2 atom stereocenters. The second kappa shape index (κ2) is 8.25. The lowest BCUT2D eigenvalue weighted by atomic mass is 10.0. The normalized spacial score (nSPS) is 20.3. The molecule has 23 heavy (non-hydrogen) atoms. The van der Waals surface area contributed by atoms with Crippen molar-refractivity contribution in [1.29, 1.82) is 0 Å². The van der Waals surface area contributed by atoms with Crippen LogP contribution in [0.4, 0.5) is 0 Å². The van der Waals surface area contributed by atoms with E-state index in [0.717, 1.165) is 32.5 Å². The molecule has 3 nitrogen and oxygen atoms in total. The number of aliphatic hydroxyl groups is 1. The molecule has 1 saturated heterocycles. The van der Waals surface area contributed by atoms with E-state index < -0.39 is 0 Å². The molecule has 0 aliphatic carbocycles. The summed E-state index contributed by atoms with van der Waals surface area (Å²) in [5.41, 5.74) is 2.67. The lowest BCUT2D eigenvalue weighted by Crippen LogP contribution is -2.56. The number of aliphatic hydroxyl groups excluding tert-OH is 1. The first kappa shape index (κ1) is 16.2. The Hall–Kier alpha value is -1.68. The van der Waals surface area contributed by atoms with E-state index in [1.54, 1.807) is 0 Å². The number of nitrogens with one attached hydrogen (secondary N) is 1. The summed E-state index contributed by atoms with van der Waals surface area (Å²) >= 11 is 0. The van der Waals surface area contributed by atoms with Crippen molar-refractivity contribution in [2.45, 2.75) is 24.9 Å². The van der Waals surface area contributed by atoms with E-state index in [1.165, 1.54) is 11.1 Å². The summed E-state index contributed by atoms with van der Waals surface area (Å²) in [4.78, 5) is 2.44. The Bertz CT molecular complexity index is 573. The molecule has 0 radical (unpaired) electrons. The fraction of sp³-hybridized carbons (Fsp3) is 0.400. The third-order valence-electron chi connectivity index (χ3n) is 4.65. The second-order valence-electron chi connectivity index (χ2n) is 6.36. The van der Waals surface area contributed by atoms with Gasteiger partial charge in [-0.2, -0.15) is 0 Å². The number of nitrogens with zero attached hydrogens (tertiary/aromatic N) is 1. The van der Waals surface area contributed by atoms with E-state index in [1.807, 2.05) is 6.07 Å². The van der Waals surface area contributed by atoms with Crippen molar-refractivity contribution in [3.63, 3.8) is 0 Å². The molecule has 2 aromatic carbocycles. The van der Waals surface area contributed by atoms with Gasteiger partial charge in [-0.3, -0.25) is 4.90 Å². The monoisotopic (exact) mass is 310 g/mol. The topological polar surface area (TPSA) is 35.5 Å². The fourth-order valence-electron chi connectivity index (χ4n) is 3.41. The van der Waals surface area contributed by atoms with Crippen LogP contribution < -0.4 is 5.32 Å². The molecule has 2 aromatic rings. The van der Waals surface area contributed by atoms with Gasteiger partial charge in [0.25, 0.3) is 0 Å². The molecule has 2 N–H and O–H groups in total. The minimum Gasteiger partial charge on any atom is -0.395 e. The highest BCUT2D eigenvalue weighted by atomic mass is 16.3. The van der Waals surface area contributed by atoms with Gasteiger partial charge in [0.2, 0.25) is 0 Å². The van der Waals surface area contributed by atoms with Crippen LogP contribution >= 0.6 is 0 Å². The molecule has 0 amide bonds. The number of hydrogen-bond acceptors (Lipinski definition) is 3. The van der Waals surface area contributed by atoms with Crippen molar-refractivity contribution in [2.24, 2.45) is 0 Å². The van der Waals surface area contributed by atoms with Gasteiger partial charge in [-0.1, -0.05) is 60.7 Å². The van der Waals surface area contributed by atoms with Crippen molar-refractivity contribution in [2.75, 3.05) is 26.2 Å². The van der Waals surface area contributed by atoms with Gasteiger partial charge in [-0.15, -0.1) is 0 Å². The van der Waals surface area contributed by atoms with Gasteiger partial charge in [0.15, 0.2) is 0 Å². The standard InChI is InChI=1S/C20H26N2O/c23-16-20(14-18-9-5-2-6-10-18)22-12-11-21-19(15-22)13-17-7-3-1-4-8-17/h1-10,19-21,23H,11-16H2/t19-,20-/m0/s1. The average Bonchev–Trinajstić information content (AvgIpc) is 2.62. The number of rotatable bonds is 6. The van der Waals surface area contributed by atoms with Gasteiger partial charge in [-0.05, 0) is 24.0 Å². The Morgan fingerprint density at radius 1 is 1.00 bits per heavy atom. The van der Waals surface area contributed by atoms with Crippen molar-refractivity contribution < 1.29 is 5.11 Å². The Balaban J connectivity index is 1.60. The van der Waals surface area contributed by atoms with Crippen LogP contribution in [0.15, 0.2) is 60.7 Å². The molecule has 1 fully saturated rings. The maximum absolute atomic E-state index is 9.85. The maximum atomic E-state index is 9.85. The molecule has 0 aromatic heterocycles. The molecule has 3 rings (SSSR count). The summed E-state index contributed by atoms with van der Waals surface area (Å²) in [6.07, 6.45) is 1.95. The molecule has 0 saturated carbocycles. The summed E-state index contributed by atoms with van der Waals surface area (Å²) in [5.74, 6) is 0. The van der Waals surface area contributed by atoms with Crippen LogP contribution in [0.25, 0.3) is 0 Å². The molecule has 122 valence electrons. The number of benzene rings is 2. The van der Waals surface area contributed by atoms with Gasteiger partial charge >= 0.3 is 0 Å². The van der Waals surface area contributed by atoms with E-state index in [2.05, 4.69) is 64.8 Å². The zero-order chi connectivity index (χ0) is 15.9. The second-order valence-corrected chi connectivity index (χ2v) is 6.36. The van der Waals surface area contributed by atoms with Crippen molar-refractivity contribution >= 4 is 0 Å². The highest BCUT2D eigenvalue weighted by molar-refractivity contribution is 5.17. The Kier molecular flexibility index (Phi) is 5.81. The van der Waals surface area contributed by atoms with Crippen LogP contribution in [0.1, 0.15) is 11.1 Å². The van der Waals surface area contributed by atoms with Crippen LogP contribution in [0.2, 0.25) is 0 Å². The van der Waals surface area contributed by atoms with Gasteiger partial charge in [0.1, 0.15) is 0 Å². The van der Waals surface area contributed by atoms with Crippen LogP contribution in [-0.4, -0.2) is 48.3 Å². The summed E-state index contributed by atoms with van der Waals surface area (Å²) in [7, 11) is 0. The zero-order valence-electron chi connectivity index (χ0n) is 13.6. The van der Waals surface area contributed by atoms with E-state index in [9.17, 15) is 5.11 Å². The van der Waals surface area contributed by atoms with E-state index in [-0.39, 0.29) is 12.6 Å².